The molecule has 0 saturated carbocycles. The van der Waals surface area contributed by atoms with Gasteiger partial charge in [-0.05, 0) is 13.8 Å². The molecule has 0 aromatic carbocycles. The highest BCUT2D eigenvalue weighted by molar-refractivity contribution is 5.85. The fourth-order valence-electron chi connectivity index (χ4n) is 1.32. The third-order valence-electron chi connectivity index (χ3n) is 2.00. The number of hydrogen-bond donors (Lipinski definition) is 1. The molecule has 0 aliphatic carbocycles. The SMILES string of the molecule is CCOC(=O)N1CCNCC1C.Cl. The van der Waals surface area contributed by atoms with Crippen LogP contribution in [-0.4, -0.2) is 43.3 Å². The van der Waals surface area contributed by atoms with Gasteiger partial charge in [0.2, 0.25) is 0 Å². The number of carbonyl (C=O) groups is 1. The van der Waals surface area contributed by atoms with Crippen LogP contribution in [0.4, 0.5) is 4.79 Å². The van der Waals surface area contributed by atoms with E-state index >= 15 is 0 Å². The minimum atomic E-state index is -0.188. The lowest BCUT2D eigenvalue weighted by atomic mass is 10.2. The second-order valence-electron chi connectivity index (χ2n) is 2.95. The van der Waals surface area contributed by atoms with Gasteiger partial charge in [-0.2, -0.15) is 0 Å². The molecule has 0 aromatic heterocycles. The fourth-order valence-corrected chi connectivity index (χ4v) is 1.32. The van der Waals surface area contributed by atoms with Crippen LogP contribution in [0.2, 0.25) is 0 Å². The van der Waals surface area contributed by atoms with E-state index in [4.69, 9.17) is 4.74 Å². The van der Waals surface area contributed by atoms with E-state index in [0.717, 1.165) is 19.6 Å². The van der Waals surface area contributed by atoms with Gasteiger partial charge in [0.15, 0.2) is 0 Å². The summed E-state index contributed by atoms with van der Waals surface area (Å²) in [6.07, 6.45) is -0.188. The molecule has 1 atom stereocenters. The second kappa shape index (κ2) is 6.05. The van der Waals surface area contributed by atoms with Crippen molar-refractivity contribution in [1.82, 2.24) is 10.2 Å². The molecule has 0 aromatic rings. The number of nitrogens with one attached hydrogen (secondary N) is 1. The monoisotopic (exact) mass is 208 g/mol. The molecule has 5 heteroatoms. The van der Waals surface area contributed by atoms with Crippen molar-refractivity contribution in [3.63, 3.8) is 0 Å². The maximum absolute atomic E-state index is 11.3. The highest BCUT2D eigenvalue weighted by Gasteiger charge is 2.23. The van der Waals surface area contributed by atoms with Gasteiger partial charge < -0.3 is 15.0 Å². The first-order valence-corrected chi connectivity index (χ1v) is 4.39. The third-order valence-corrected chi connectivity index (χ3v) is 2.00. The molecular formula is C8H17ClN2O2. The first kappa shape index (κ1) is 12.5. The molecule has 4 nitrogen and oxygen atoms in total. The highest BCUT2D eigenvalue weighted by atomic mass is 35.5. The van der Waals surface area contributed by atoms with Gasteiger partial charge in [0.25, 0.3) is 0 Å². The van der Waals surface area contributed by atoms with Gasteiger partial charge in [0, 0.05) is 25.7 Å². The van der Waals surface area contributed by atoms with Gasteiger partial charge in [0.05, 0.1) is 6.61 Å². The van der Waals surface area contributed by atoms with Gasteiger partial charge in [0.1, 0.15) is 0 Å². The predicted octanol–water partition coefficient (Wildman–Crippen LogP) is 0.858. The van der Waals surface area contributed by atoms with Crippen molar-refractivity contribution in [3.05, 3.63) is 0 Å². The molecule has 13 heavy (non-hydrogen) atoms. The Morgan fingerprint density at radius 2 is 2.38 bits per heavy atom. The molecule has 0 bridgehead atoms. The maximum Gasteiger partial charge on any atom is 0.410 e. The van der Waals surface area contributed by atoms with Gasteiger partial charge >= 0.3 is 6.09 Å². The minimum Gasteiger partial charge on any atom is -0.450 e. The van der Waals surface area contributed by atoms with Gasteiger partial charge in [-0.1, -0.05) is 0 Å². The molecule has 78 valence electrons. The zero-order valence-corrected chi connectivity index (χ0v) is 8.89. The average Bonchev–Trinajstić information content (AvgIpc) is 2.05. The van der Waals surface area contributed by atoms with Crippen molar-refractivity contribution in [2.45, 2.75) is 19.9 Å². The Labute approximate surface area is 85.0 Å². The van der Waals surface area contributed by atoms with Crippen LogP contribution in [-0.2, 0) is 4.74 Å². The van der Waals surface area contributed by atoms with Crippen LogP contribution in [0, 0.1) is 0 Å². The lowest BCUT2D eigenvalue weighted by molar-refractivity contribution is 0.0852. The summed E-state index contributed by atoms with van der Waals surface area (Å²) >= 11 is 0. The highest BCUT2D eigenvalue weighted by Crippen LogP contribution is 2.04. The molecule has 1 saturated heterocycles. The summed E-state index contributed by atoms with van der Waals surface area (Å²) in [5, 5.41) is 3.21. The molecule has 1 rings (SSSR count). The van der Waals surface area contributed by atoms with Crippen molar-refractivity contribution in [1.29, 1.82) is 0 Å². The summed E-state index contributed by atoms with van der Waals surface area (Å²) < 4.78 is 4.91. The van der Waals surface area contributed by atoms with Crippen molar-refractivity contribution in [3.8, 4) is 0 Å². The van der Waals surface area contributed by atoms with E-state index < -0.39 is 0 Å². The smallest absolute Gasteiger partial charge is 0.410 e. The van der Waals surface area contributed by atoms with Crippen LogP contribution >= 0.6 is 12.4 Å². The number of nitrogens with zero attached hydrogens (tertiary/aromatic N) is 1. The molecular weight excluding hydrogens is 192 g/mol. The quantitative estimate of drug-likeness (QED) is 0.695. The van der Waals surface area contributed by atoms with E-state index in [0.29, 0.717) is 6.61 Å². The zero-order valence-electron chi connectivity index (χ0n) is 8.08. The molecule has 1 aliphatic heterocycles. The molecule has 0 spiro atoms. The summed E-state index contributed by atoms with van der Waals surface area (Å²) in [6.45, 7) is 6.77. The number of carbonyl (C=O) groups excluding carboxylic acids is 1. The number of hydrogen-bond acceptors (Lipinski definition) is 3. The maximum atomic E-state index is 11.3. The van der Waals surface area contributed by atoms with Crippen molar-refractivity contribution in [2.75, 3.05) is 26.2 Å². The molecule has 1 heterocycles. The Kier molecular flexibility index (Phi) is 5.82. The van der Waals surface area contributed by atoms with E-state index in [9.17, 15) is 4.79 Å². The van der Waals surface area contributed by atoms with E-state index in [1.54, 1.807) is 4.90 Å². The number of ether oxygens (including phenoxy) is 1. The first-order valence-electron chi connectivity index (χ1n) is 4.39. The van der Waals surface area contributed by atoms with Crippen LogP contribution in [0.5, 0.6) is 0 Å². The van der Waals surface area contributed by atoms with Gasteiger partial charge in [-0.15, -0.1) is 12.4 Å². The molecule has 1 N–H and O–H groups in total. The standard InChI is InChI=1S/C8H16N2O2.ClH/c1-3-12-8(11)10-5-4-9-6-7(10)2;/h7,9H,3-6H2,1-2H3;1H. The van der Waals surface area contributed by atoms with Gasteiger partial charge in [-0.3, -0.25) is 0 Å². The lowest BCUT2D eigenvalue weighted by Gasteiger charge is -2.32. The number of halogens is 1. The van der Waals surface area contributed by atoms with Crippen LogP contribution in [0.1, 0.15) is 13.8 Å². The molecule has 0 radical (unpaired) electrons. The summed E-state index contributed by atoms with van der Waals surface area (Å²) in [5.41, 5.74) is 0. The van der Waals surface area contributed by atoms with Crippen molar-refractivity contribution >= 4 is 18.5 Å². The van der Waals surface area contributed by atoms with Crippen LogP contribution in [0.3, 0.4) is 0 Å². The van der Waals surface area contributed by atoms with Crippen LogP contribution in [0.25, 0.3) is 0 Å². The predicted molar refractivity (Wildman–Crippen MR) is 53.3 cm³/mol. The van der Waals surface area contributed by atoms with E-state index in [-0.39, 0.29) is 24.5 Å². The zero-order chi connectivity index (χ0) is 8.97. The average molecular weight is 209 g/mol. The minimum absolute atomic E-state index is 0. The summed E-state index contributed by atoms with van der Waals surface area (Å²) in [7, 11) is 0. The van der Waals surface area contributed by atoms with E-state index in [1.807, 2.05) is 13.8 Å². The summed E-state index contributed by atoms with van der Waals surface area (Å²) in [5.74, 6) is 0. The normalized spacial score (nSPS) is 22.0. The topological polar surface area (TPSA) is 41.6 Å². The molecule has 1 fully saturated rings. The fraction of sp³-hybridized carbons (Fsp3) is 0.875. The Hall–Kier alpha value is -0.480. The van der Waals surface area contributed by atoms with Gasteiger partial charge in [-0.25, -0.2) is 4.79 Å². The third kappa shape index (κ3) is 3.40. The Morgan fingerprint density at radius 3 is 2.92 bits per heavy atom. The second-order valence-corrected chi connectivity index (χ2v) is 2.95. The number of amides is 1. The van der Waals surface area contributed by atoms with E-state index in [1.165, 1.54) is 0 Å². The number of piperazine rings is 1. The Bertz CT molecular complexity index is 166. The van der Waals surface area contributed by atoms with Crippen LogP contribution < -0.4 is 5.32 Å². The first-order chi connectivity index (χ1) is 5.75. The summed E-state index contributed by atoms with van der Waals surface area (Å²) in [4.78, 5) is 13.0. The largest absolute Gasteiger partial charge is 0.450 e. The van der Waals surface area contributed by atoms with Crippen molar-refractivity contribution in [2.24, 2.45) is 0 Å². The van der Waals surface area contributed by atoms with E-state index in [2.05, 4.69) is 5.32 Å². The molecule has 1 unspecified atom stereocenters. The van der Waals surface area contributed by atoms with Crippen molar-refractivity contribution < 1.29 is 9.53 Å². The molecule has 1 aliphatic rings. The lowest BCUT2D eigenvalue weighted by Crippen LogP contribution is -2.52. The molecule has 1 amide bonds. The Balaban J connectivity index is 0.00000144. The van der Waals surface area contributed by atoms with Crippen LogP contribution in [0.15, 0.2) is 0 Å². The summed E-state index contributed by atoms with van der Waals surface area (Å²) in [6, 6.07) is 0.248. The number of rotatable bonds is 1. The Morgan fingerprint density at radius 1 is 1.69 bits per heavy atom.